The van der Waals surface area contributed by atoms with E-state index in [2.05, 4.69) is 4.98 Å². The molecule has 1 saturated heterocycles. The molecule has 1 aliphatic heterocycles. The molecule has 0 bridgehead atoms. The van der Waals surface area contributed by atoms with Crippen LogP contribution in [0.15, 0.2) is 46.8 Å². The van der Waals surface area contributed by atoms with Crippen LogP contribution < -0.4 is 4.90 Å². The van der Waals surface area contributed by atoms with E-state index in [9.17, 15) is 4.79 Å². The smallest absolute Gasteiger partial charge is 0.270 e. The van der Waals surface area contributed by atoms with Crippen molar-refractivity contribution in [3.05, 3.63) is 58.2 Å². The zero-order chi connectivity index (χ0) is 16.0. The number of thioether (sulfide) groups is 1. The zero-order valence-corrected chi connectivity index (χ0v) is 14.5. The molecule has 0 saturated carbocycles. The Morgan fingerprint density at radius 3 is 2.83 bits per heavy atom. The number of benzene rings is 1. The van der Waals surface area contributed by atoms with Crippen molar-refractivity contribution in [3.63, 3.8) is 0 Å². The van der Waals surface area contributed by atoms with Gasteiger partial charge >= 0.3 is 0 Å². The van der Waals surface area contributed by atoms with Gasteiger partial charge in [0, 0.05) is 11.6 Å². The second-order valence-corrected chi connectivity index (χ2v) is 7.54. The van der Waals surface area contributed by atoms with Gasteiger partial charge in [-0.1, -0.05) is 42.2 Å². The van der Waals surface area contributed by atoms with E-state index in [1.165, 1.54) is 11.8 Å². The van der Waals surface area contributed by atoms with E-state index in [0.717, 1.165) is 22.0 Å². The van der Waals surface area contributed by atoms with Crippen molar-refractivity contribution < 1.29 is 4.79 Å². The molecule has 3 aromatic rings. The Kier molecular flexibility index (Phi) is 3.56. The van der Waals surface area contributed by atoms with E-state index >= 15 is 0 Å². The summed E-state index contributed by atoms with van der Waals surface area (Å²) in [4.78, 5) is 20.4. The summed E-state index contributed by atoms with van der Waals surface area (Å²) >= 11 is 8.29. The molecule has 1 aliphatic rings. The Balaban J connectivity index is 1.76. The Bertz CT molecular complexity index is 956. The summed E-state index contributed by atoms with van der Waals surface area (Å²) in [5.41, 5.74) is 2.63. The molecular formula is C16H11N3OS3. The highest BCUT2D eigenvalue weighted by Crippen LogP contribution is 2.36. The number of aromatic nitrogens is 2. The van der Waals surface area contributed by atoms with Crippen molar-refractivity contribution >= 4 is 62.3 Å². The molecular weight excluding hydrogens is 346 g/mol. The highest BCUT2D eigenvalue weighted by molar-refractivity contribution is 8.27. The van der Waals surface area contributed by atoms with Crippen LogP contribution in [-0.2, 0) is 4.79 Å². The van der Waals surface area contributed by atoms with Crippen molar-refractivity contribution in [3.8, 4) is 0 Å². The summed E-state index contributed by atoms with van der Waals surface area (Å²) in [5, 5.41) is 1.98. The topological polar surface area (TPSA) is 37.6 Å². The molecule has 1 amide bonds. The van der Waals surface area contributed by atoms with Crippen molar-refractivity contribution in [1.29, 1.82) is 0 Å². The van der Waals surface area contributed by atoms with Crippen molar-refractivity contribution in [2.45, 2.75) is 6.92 Å². The largest absolute Gasteiger partial charge is 0.291 e. The highest BCUT2D eigenvalue weighted by atomic mass is 32.2. The third kappa shape index (κ3) is 2.41. The van der Waals surface area contributed by atoms with Crippen LogP contribution in [-0.4, -0.2) is 19.6 Å². The molecule has 0 atom stereocenters. The van der Waals surface area contributed by atoms with Gasteiger partial charge in [-0.15, -0.1) is 11.3 Å². The van der Waals surface area contributed by atoms with Crippen LogP contribution in [0.2, 0.25) is 0 Å². The van der Waals surface area contributed by atoms with Crippen molar-refractivity contribution in [2.75, 3.05) is 4.90 Å². The zero-order valence-electron chi connectivity index (χ0n) is 12.1. The standard InChI is InChI=1S/C16H11N3OS3/c1-10-12(18-7-8-22-15(18)17-10)9-13-14(20)19(16(21)23-13)11-5-3-2-4-6-11/h2-9H,1H3. The summed E-state index contributed by atoms with van der Waals surface area (Å²) in [6, 6.07) is 9.48. The van der Waals surface area contributed by atoms with Gasteiger partial charge in [-0.05, 0) is 25.1 Å². The van der Waals surface area contributed by atoms with Crippen LogP contribution in [0, 0.1) is 6.92 Å². The number of para-hydroxylation sites is 1. The van der Waals surface area contributed by atoms with Crippen LogP contribution in [0.3, 0.4) is 0 Å². The van der Waals surface area contributed by atoms with E-state index in [1.807, 2.05) is 59.3 Å². The number of hydrogen-bond acceptors (Lipinski definition) is 5. The number of carbonyl (C=O) groups excluding carboxylic acids is 1. The number of amides is 1. The number of thiazole rings is 1. The monoisotopic (exact) mass is 357 g/mol. The molecule has 23 heavy (non-hydrogen) atoms. The fourth-order valence-electron chi connectivity index (χ4n) is 2.48. The number of fused-ring (bicyclic) bond motifs is 1. The first-order valence-electron chi connectivity index (χ1n) is 6.90. The molecule has 2 aromatic heterocycles. The SMILES string of the molecule is Cc1nc2sccn2c1C=C1SC(=S)N(c2ccccc2)C1=O. The lowest BCUT2D eigenvalue weighted by atomic mass is 10.2. The molecule has 4 rings (SSSR count). The fraction of sp³-hybridized carbons (Fsp3) is 0.0625. The molecule has 1 fully saturated rings. The number of anilines is 1. The van der Waals surface area contributed by atoms with Gasteiger partial charge in [0.1, 0.15) is 0 Å². The number of rotatable bonds is 2. The van der Waals surface area contributed by atoms with E-state index in [4.69, 9.17) is 12.2 Å². The first kappa shape index (κ1) is 14.6. The van der Waals surface area contributed by atoms with Crippen LogP contribution in [0.4, 0.5) is 5.69 Å². The maximum Gasteiger partial charge on any atom is 0.270 e. The van der Waals surface area contributed by atoms with Gasteiger partial charge in [-0.3, -0.25) is 14.1 Å². The maximum atomic E-state index is 12.8. The number of nitrogens with zero attached hydrogens (tertiary/aromatic N) is 3. The summed E-state index contributed by atoms with van der Waals surface area (Å²) < 4.78 is 2.55. The van der Waals surface area contributed by atoms with Crippen LogP contribution >= 0.6 is 35.3 Å². The maximum absolute atomic E-state index is 12.8. The molecule has 0 spiro atoms. The Hall–Kier alpha value is -1.96. The molecule has 1 aromatic carbocycles. The first-order valence-corrected chi connectivity index (χ1v) is 9.01. The molecule has 0 aliphatic carbocycles. The van der Waals surface area contributed by atoms with Gasteiger partial charge in [-0.2, -0.15) is 0 Å². The number of hydrogen-bond donors (Lipinski definition) is 0. The fourth-order valence-corrected chi connectivity index (χ4v) is 4.52. The Morgan fingerprint density at radius 1 is 1.26 bits per heavy atom. The molecule has 0 radical (unpaired) electrons. The van der Waals surface area contributed by atoms with Crippen LogP contribution in [0.1, 0.15) is 11.4 Å². The third-order valence-electron chi connectivity index (χ3n) is 3.56. The van der Waals surface area contributed by atoms with Crippen molar-refractivity contribution in [2.24, 2.45) is 0 Å². The lowest BCUT2D eigenvalue weighted by molar-refractivity contribution is -0.113. The second kappa shape index (κ2) is 5.59. The van der Waals surface area contributed by atoms with Gasteiger partial charge in [-0.25, -0.2) is 4.98 Å². The predicted octanol–water partition coefficient (Wildman–Crippen LogP) is 4.11. The number of imidazole rings is 1. The van der Waals surface area contributed by atoms with E-state index in [0.29, 0.717) is 9.23 Å². The number of aryl methyl sites for hydroxylation is 1. The van der Waals surface area contributed by atoms with Gasteiger partial charge < -0.3 is 0 Å². The molecule has 3 heterocycles. The Morgan fingerprint density at radius 2 is 2.04 bits per heavy atom. The minimum absolute atomic E-state index is 0.0872. The summed E-state index contributed by atoms with van der Waals surface area (Å²) in [5.74, 6) is -0.0872. The predicted molar refractivity (Wildman–Crippen MR) is 99.9 cm³/mol. The van der Waals surface area contributed by atoms with E-state index in [1.54, 1.807) is 16.2 Å². The van der Waals surface area contributed by atoms with Gasteiger partial charge in [0.2, 0.25) is 0 Å². The van der Waals surface area contributed by atoms with E-state index < -0.39 is 0 Å². The average Bonchev–Trinajstić information content (AvgIpc) is 3.17. The highest BCUT2D eigenvalue weighted by Gasteiger charge is 2.33. The van der Waals surface area contributed by atoms with Crippen molar-refractivity contribution in [1.82, 2.24) is 9.38 Å². The molecule has 0 N–H and O–H groups in total. The minimum atomic E-state index is -0.0872. The van der Waals surface area contributed by atoms with Crippen LogP contribution in [0.5, 0.6) is 0 Å². The minimum Gasteiger partial charge on any atom is -0.291 e. The lowest BCUT2D eigenvalue weighted by Crippen LogP contribution is -2.27. The van der Waals surface area contributed by atoms with Crippen LogP contribution in [0.25, 0.3) is 11.0 Å². The second-order valence-electron chi connectivity index (χ2n) is 4.99. The lowest BCUT2D eigenvalue weighted by Gasteiger charge is -2.13. The van der Waals surface area contributed by atoms with Gasteiger partial charge in [0.05, 0.1) is 22.0 Å². The van der Waals surface area contributed by atoms with Gasteiger partial charge in [0.25, 0.3) is 5.91 Å². The summed E-state index contributed by atoms with van der Waals surface area (Å²) in [6.45, 7) is 1.95. The average molecular weight is 357 g/mol. The molecule has 7 heteroatoms. The quantitative estimate of drug-likeness (QED) is 0.511. The Labute approximate surface area is 146 Å². The van der Waals surface area contributed by atoms with E-state index in [-0.39, 0.29) is 5.91 Å². The molecule has 0 unspecified atom stereocenters. The normalized spacial score (nSPS) is 16.9. The molecule has 4 nitrogen and oxygen atoms in total. The molecule has 114 valence electrons. The third-order valence-corrected chi connectivity index (χ3v) is 5.62. The first-order chi connectivity index (χ1) is 11.1. The van der Waals surface area contributed by atoms with Gasteiger partial charge in [0.15, 0.2) is 9.28 Å². The number of carbonyl (C=O) groups is 1. The number of thiocarbonyl (C=S) groups is 1. The summed E-state index contributed by atoms with van der Waals surface area (Å²) in [7, 11) is 0. The summed E-state index contributed by atoms with van der Waals surface area (Å²) in [6.07, 6.45) is 3.84.